The summed E-state index contributed by atoms with van der Waals surface area (Å²) in [6.45, 7) is 3.39. The molecule has 0 heterocycles. The Kier molecular flexibility index (Phi) is 5.35. The highest BCUT2D eigenvalue weighted by Gasteiger charge is 1.96. The van der Waals surface area contributed by atoms with E-state index in [0.29, 0.717) is 5.76 Å². The third-order valence-corrected chi connectivity index (χ3v) is 1.40. The molecule has 0 saturated heterocycles. The Hall–Kier alpha value is -1.51. The van der Waals surface area contributed by atoms with Crippen molar-refractivity contribution in [1.29, 1.82) is 0 Å². The molecule has 0 aromatic heterocycles. The van der Waals surface area contributed by atoms with Gasteiger partial charge in [-0.3, -0.25) is 0 Å². The molecular formula is C10H14O3. The highest BCUT2D eigenvalue weighted by molar-refractivity contribution is 5.86. The van der Waals surface area contributed by atoms with Crippen molar-refractivity contribution in [1.82, 2.24) is 0 Å². The summed E-state index contributed by atoms with van der Waals surface area (Å²) in [5.74, 6) is -0.296. The number of allylic oxidation sites excluding steroid dienone is 4. The minimum Gasteiger partial charge on any atom is -0.497 e. The monoisotopic (exact) mass is 182 g/mol. The molecule has 0 unspecified atom stereocenters. The number of hydrogen-bond donors (Lipinski definition) is 1. The van der Waals surface area contributed by atoms with Crippen LogP contribution in [0.4, 0.5) is 0 Å². The SMILES string of the molecule is C\C=C/C(=C\C=C(/C)C(=O)O)OC. The highest BCUT2D eigenvalue weighted by atomic mass is 16.5. The molecule has 0 spiro atoms. The van der Waals surface area contributed by atoms with E-state index in [-0.39, 0.29) is 5.57 Å². The molecule has 0 aliphatic rings. The molecule has 0 fully saturated rings. The van der Waals surface area contributed by atoms with Gasteiger partial charge in [-0.1, -0.05) is 6.08 Å². The average molecular weight is 182 g/mol. The molecule has 0 rings (SSSR count). The van der Waals surface area contributed by atoms with Gasteiger partial charge in [0.15, 0.2) is 0 Å². The van der Waals surface area contributed by atoms with Crippen LogP contribution >= 0.6 is 0 Å². The molecule has 0 bridgehead atoms. The number of carboxylic acid groups (broad SMARTS) is 1. The van der Waals surface area contributed by atoms with Crippen LogP contribution in [0, 0.1) is 0 Å². The maximum Gasteiger partial charge on any atom is 0.331 e. The summed E-state index contributed by atoms with van der Waals surface area (Å²) in [5, 5.41) is 8.54. The van der Waals surface area contributed by atoms with Crippen LogP contribution in [0.25, 0.3) is 0 Å². The summed E-state index contributed by atoms with van der Waals surface area (Å²) in [7, 11) is 1.54. The lowest BCUT2D eigenvalue weighted by molar-refractivity contribution is -0.132. The van der Waals surface area contributed by atoms with Crippen LogP contribution in [-0.2, 0) is 9.53 Å². The van der Waals surface area contributed by atoms with E-state index in [4.69, 9.17) is 9.84 Å². The maximum atomic E-state index is 10.4. The zero-order valence-corrected chi connectivity index (χ0v) is 8.07. The van der Waals surface area contributed by atoms with Crippen molar-refractivity contribution in [3.8, 4) is 0 Å². The first kappa shape index (κ1) is 11.5. The lowest BCUT2D eigenvalue weighted by atomic mass is 10.2. The topological polar surface area (TPSA) is 46.5 Å². The molecule has 13 heavy (non-hydrogen) atoms. The second kappa shape index (κ2) is 6.06. The van der Waals surface area contributed by atoms with E-state index in [2.05, 4.69) is 0 Å². The number of rotatable bonds is 4. The largest absolute Gasteiger partial charge is 0.497 e. The Bertz CT molecular complexity index is 259. The predicted molar refractivity (Wildman–Crippen MR) is 51.3 cm³/mol. The van der Waals surface area contributed by atoms with E-state index in [9.17, 15) is 4.79 Å². The van der Waals surface area contributed by atoms with Gasteiger partial charge in [0.05, 0.1) is 7.11 Å². The van der Waals surface area contributed by atoms with Crippen molar-refractivity contribution in [2.45, 2.75) is 13.8 Å². The minimum atomic E-state index is -0.924. The van der Waals surface area contributed by atoms with E-state index in [1.165, 1.54) is 20.1 Å². The lowest BCUT2D eigenvalue weighted by Crippen LogP contribution is -1.95. The van der Waals surface area contributed by atoms with Crippen LogP contribution < -0.4 is 0 Å². The summed E-state index contributed by atoms with van der Waals surface area (Å²) in [6, 6.07) is 0. The third kappa shape index (κ3) is 4.85. The van der Waals surface area contributed by atoms with E-state index >= 15 is 0 Å². The number of carbonyl (C=O) groups is 1. The first-order valence-electron chi connectivity index (χ1n) is 3.90. The van der Waals surface area contributed by atoms with Crippen LogP contribution in [0.15, 0.2) is 35.6 Å². The highest BCUT2D eigenvalue weighted by Crippen LogP contribution is 2.00. The van der Waals surface area contributed by atoms with Gasteiger partial charge >= 0.3 is 5.97 Å². The zero-order valence-electron chi connectivity index (χ0n) is 8.07. The normalized spacial score (nSPS) is 13.5. The number of hydrogen-bond acceptors (Lipinski definition) is 2. The molecule has 0 aliphatic heterocycles. The van der Waals surface area contributed by atoms with Crippen LogP contribution in [-0.4, -0.2) is 18.2 Å². The molecule has 3 nitrogen and oxygen atoms in total. The molecule has 0 aromatic carbocycles. The van der Waals surface area contributed by atoms with Gasteiger partial charge in [0.1, 0.15) is 5.76 Å². The molecule has 0 saturated carbocycles. The Morgan fingerprint density at radius 2 is 2.00 bits per heavy atom. The summed E-state index contributed by atoms with van der Waals surface area (Å²) >= 11 is 0. The van der Waals surface area contributed by atoms with Gasteiger partial charge in [-0.25, -0.2) is 4.79 Å². The molecule has 1 N–H and O–H groups in total. The van der Waals surface area contributed by atoms with E-state index in [1.807, 2.05) is 13.0 Å². The van der Waals surface area contributed by atoms with Gasteiger partial charge in [-0.05, 0) is 32.1 Å². The molecule has 0 aromatic rings. The van der Waals surface area contributed by atoms with Crippen molar-refractivity contribution in [3.63, 3.8) is 0 Å². The predicted octanol–water partition coefficient (Wildman–Crippen LogP) is 2.12. The van der Waals surface area contributed by atoms with Crippen LogP contribution in [0.3, 0.4) is 0 Å². The van der Waals surface area contributed by atoms with Gasteiger partial charge in [0.2, 0.25) is 0 Å². The fraction of sp³-hybridized carbons (Fsp3) is 0.300. The van der Waals surface area contributed by atoms with Crippen LogP contribution in [0.2, 0.25) is 0 Å². The number of aliphatic carboxylic acids is 1. The number of methoxy groups -OCH3 is 1. The molecule has 0 amide bonds. The maximum absolute atomic E-state index is 10.4. The van der Waals surface area contributed by atoms with Gasteiger partial charge in [0.25, 0.3) is 0 Å². The lowest BCUT2D eigenvalue weighted by Gasteiger charge is -1.97. The van der Waals surface area contributed by atoms with E-state index < -0.39 is 5.97 Å². The van der Waals surface area contributed by atoms with E-state index in [0.717, 1.165) is 0 Å². The molecule has 0 radical (unpaired) electrons. The fourth-order valence-corrected chi connectivity index (χ4v) is 0.634. The van der Waals surface area contributed by atoms with Gasteiger partial charge in [-0.15, -0.1) is 0 Å². The number of ether oxygens (including phenoxy) is 1. The van der Waals surface area contributed by atoms with Crippen molar-refractivity contribution >= 4 is 5.97 Å². The van der Waals surface area contributed by atoms with Gasteiger partial charge in [0, 0.05) is 5.57 Å². The fourth-order valence-electron chi connectivity index (χ4n) is 0.634. The van der Waals surface area contributed by atoms with Gasteiger partial charge in [-0.2, -0.15) is 0 Å². The van der Waals surface area contributed by atoms with Crippen molar-refractivity contribution in [2.75, 3.05) is 7.11 Å². The smallest absolute Gasteiger partial charge is 0.331 e. The van der Waals surface area contributed by atoms with Crippen molar-refractivity contribution in [2.24, 2.45) is 0 Å². The second-order valence-corrected chi connectivity index (χ2v) is 2.43. The molecule has 0 aliphatic carbocycles. The summed E-state index contributed by atoms with van der Waals surface area (Å²) in [4.78, 5) is 10.4. The minimum absolute atomic E-state index is 0.277. The van der Waals surface area contributed by atoms with Gasteiger partial charge < -0.3 is 9.84 Å². The summed E-state index contributed by atoms with van der Waals surface area (Å²) in [6.07, 6.45) is 6.69. The molecule has 72 valence electrons. The average Bonchev–Trinajstić information content (AvgIpc) is 2.11. The molecule has 0 atom stereocenters. The van der Waals surface area contributed by atoms with Crippen LogP contribution in [0.5, 0.6) is 0 Å². The Labute approximate surface area is 78.0 Å². The van der Waals surface area contributed by atoms with Crippen LogP contribution in [0.1, 0.15) is 13.8 Å². The quantitative estimate of drug-likeness (QED) is 0.411. The Morgan fingerprint density at radius 1 is 1.38 bits per heavy atom. The summed E-state index contributed by atoms with van der Waals surface area (Å²) < 4.78 is 4.96. The second-order valence-electron chi connectivity index (χ2n) is 2.43. The third-order valence-electron chi connectivity index (χ3n) is 1.40. The molecular weight excluding hydrogens is 168 g/mol. The Balaban J connectivity index is 4.53. The first-order chi connectivity index (χ1) is 6.11. The number of carboxylic acids is 1. The standard InChI is InChI=1S/C10H14O3/c1-4-5-9(13-3)7-6-8(2)10(11)12/h4-7H,1-3H3,(H,11,12)/b5-4-,8-6+,9-7+. The zero-order chi connectivity index (χ0) is 10.3. The van der Waals surface area contributed by atoms with Crippen molar-refractivity contribution < 1.29 is 14.6 Å². The van der Waals surface area contributed by atoms with Crippen molar-refractivity contribution in [3.05, 3.63) is 35.6 Å². The summed E-state index contributed by atoms with van der Waals surface area (Å²) in [5.41, 5.74) is 0.277. The first-order valence-corrected chi connectivity index (χ1v) is 3.90. The van der Waals surface area contributed by atoms with E-state index in [1.54, 1.807) is 12.2 Å². The molecule has 3 heteroatoms. The Morgan fingerprint density at radius 3 is 2.38 bits per heavy atom.